The predicted octanol–water partition coefficient (Wildman–Crippen LogP) is 3.78. The average molecular weight is 299 g/mol. The number of methoxy groups -OCH3 is 1. The van der Waals surface area contributed by atoms with Gasteiger partial charge in [-0.25, -0.2) is 4.98 Å². The number of hydrogen-bond donors (Lipinski definition) is 0. The first-order valence-corrected chi connectivity index (χ1v) is 7.59. The van der Waals surface area contributed by atoms with Crippen molar-refractivity contribution >= 4 is 33.6 Å². The molecule has 3 rings (SSSR count). The minimum Gasteiger partial charge on any atom is -0.496 e. The van der Waals surface area contributed by atoms with Crippen LogP contribution in [0, 0.1) is 4.91 Å². The smallest absolute Gasteiger partial charge is 0.130 e. The minimum atomic E-state index is 0.0506. The lowest BCUT2D eigenvalue weighted by Crippen LogP contribution is -1.96. The van der Waals surface area contributed by atoms with Crippen LogP contribution in [-0.4, -0.2) is 23.3 Å². The summed E-state index contributed by atoms with van der Waals surface area (Å²) in [5.74, 6) is 0.757. The van der Waals surface area contributed by atoms with E-state index >= 15 is 0 Å². The molecule has 0 aliphatic rings. The van der Waals surface area contributed by atoms with Crippen molar-refractivity contribution in [1.29, 1.82) is 0 Å². The zero-order chi connectivity index (χ0) is 14.8. The van der Waals surface area contributed by atoms with Crippen molar-refractivity contribution in [2.24, 2.45) is 5.18 Å². The van der Waals surface area contributed by atoms with Crippen molar-refractivity contribution in [1.82, 2.24) is 9.97 Å². The Morgan fingerprint density at radius 2 is 2.19 bits per heavy atom. The van der Waals surface area contributed by atoms with Crippen LogP contribution in [0.5, 0.6) is 5.75 Å². The van der Waals surface area contributed by atoms with Crippen LogP contribution >= 0.6 is 11.8 Å². The van der Waals surface area contributed by atoms with Crippen molar-refractivity contribution < 1.29 is 4.74 Å². The Hall–Kier alpha value is -2.21. The van der Waals surface area contributed by atoms with E-state index in [-0.39, 0.29) is 6.54 Å². The third kappa shape index (κ3) is 2.31. The van der Waals surface area contributed by atoms with Gasteiger partial charge in [-0.2, -0.15) is 4.91 Å². The fourth-order valence-corrected chi connectivity index (χ4v) is 3.05. The van der Waals surface area contributed by atoms with Gasteiger partial charge in [-0.15, -0.1) is 11.8 Å². The van der Waals surface area contributed by atoms with Crippen LogP contribution in [0.15, 0.2) is 40.5 Å². The minimum absolute atomic E-state index is 0.0506. The molecule has 0 radical (unpaired) electrons. The number of fused-ring (bicyclic) bond motifs is 3. The number of rotatable bonds is 4. The molecule has 0 fully saturated rings. The van der Waals surface area contributed by atoms with E-state index < -0.39 is 0 Å². The lowest BCUT2D eigenvalue weighted by molar-refractivity contribution is 0.419. The van der Waals surface area contributed by atoms with E-state index in [1.165, 1.54) is 0 Å². The first-order chi connectivity index (χ1) is 10.3. The van der Waals surface area contributed by atoms with Crippen molar-refractivity contribution in [3.63, 3.8) is 0 Å². The third-order valence-corrected chi connectivity index (χ3v) is 4.06. The SMILES string of the molecule is COc1cc2cccnc2c2nc(CN=O)cc(SC)c12. The molecule has 21 heavy (non-hydrogen) atoms. The van der Waals surface area contributed by atoms with Gasteiger partial charge in [0.1, 0.15) is 17.8 Å². The molecule has 5 nitrogen and oxygen atoms in total. The summed E-state index contributed by atoms with van der Waals surface area (Å²) in [7, 11) is 1.64. The largest absolute Gasteiger partial charge is 0.496 e. The lowest BCUT2D eigenvalue weighted by atomic mass is 10.1. The van der Waals surface area contributed by atoms with Gasteiger partial charge in [0.25, 0.3) is 0 Å². The van der Waals surface area contributed by atoms with Crippen LogP contribution in [-0.2, 0) is 6.54 Å². The molecule has 0 aliphatic heterocycles. The first kappa shape index (κ1) is 13.8. The number of benzene rings is 1. The molecule has 0 saturated heterocycles. The Kier molecular flexibility index (Phi) is 3.70. The van der Waals surface area contributed by atoms with E-state index in [0.717, 1.165) is 32.5 Å². The van der Waals surface area contributed by atoms with Gasteiger partial charge in [0.2, 0.25) is 0 Å². The van der Waals surface area contributed by atoms with E-state index in [1.807, 2.05) is 30.5 Å². The molecule has 0 bridgehead atoms. The summed E-state index contributed by atoms with van der Waals surface area (Å²) in [6, 6.07) is 7.69. The van der Waals surface area contributed by atoms with Crippen LogP contribution in [0.25, 0.3) is 21.8 Å². The van der Waals surface area contributed by atoms with E-state index in [2.05, 4.69) is 15.1 Å². The maximum Gasteiger partial charge on any atom is 0.130 e. The van der Waals surface area contributed by atoms with Gasteiger partial charge in [0.05, 0.1) is 23.7 Å². The normalized spacial score (nSPS) is 11.0. The second kappa shape index (κ2) is 5.65. The molecule has 3 aromatic rings. The summed E-state index contributed by atoms with van der Waals surface area (Å²) in [5, 5.41) is 4.82. The summed E-state index contributed by atoms with van der Waals surface area (Å²) >= 11 is 1.58. The second-order valence-corrected chi connectivity index (χ2v) is 5.33. The number of pyridine rings is 2. The highest BCUT2D eigenvalue weighted by Crippen LogP contribution is 2.37. The summed E-state index contributed by atoms with van der Waals surface area (Å²) in [5.41, 5.74) is 2.19. The fraction of sp³-hybridized carbons (Fsp3) is 0.200. The molecule has 0 amide bonds. The van der Waals surface area contributed by atoms with Crippen LogP contribution < -0.4 is 4.74 Å². The van der Waals surface area contributed by atoms with E-state index in [1.54, 1.807) is 25.1 Å². The van der Waals surface area contributed by atoms with E-state index in [0.29, 0.717) is 5.69 Å². The molecule has 0 atom stereocenters. The number of thioether (sulfide) groups is 1. The molecular formula is C15H13N3O2S. The first-order valence-electron chi connectivity index (χ1n) is 6.37. The van der Waals surface area contributed by atoms with Crippen LogP contribution in [0.3, 0.4) is 0 Å². The molecule has 0 unspecified atom stereocenters. The molecule has 2 aromatic heterocycles. The molecule has 0 aliphatic carbocycles. The molecule has 106 valence electrons. The monoisotopic (exact) mass is 299 g/mol. The number of ether oxygens (including phenoxy) is 1. The van der Waals surface area contributed by atoms with Gasteiger partial charge in [0, 0.05) is 16.5 Å². The predicted molar refractivity (Wildman–Crippen MR) is 84.9 cm³/mol. The second-order valence-electron chi connectivity index (χ2n) is 4.48. The number of aromatic nitrogens is 2. The van der Waals surface area contributed by atoms with Gasteiger partial charge in [0.15, 0.2) is 0 Å². The third-order valence-electron chi connectivity index (χ3n) is 3.30. The summed E-state index contributed by atoms with van der Waals surface area (Å²) in [6.07, 6.45) is 3.72. The Morgan fingerprint density at radius 1 is 1.33 bits per heavy atom. The molecule has 0 spiro atoms. The highest BCUT2D eigenvalue weighted by molar-refractivity contribution is 7.98. The van der Waals surface area contributed by atoms with Crippen molar-refractivity contribution in [2.75, 3.05) is 13.4 Å². The average Bonchev–Trinajstić information content (AvgIpc) is 2.53. The van der Waals surface area contributed by atoms with Crippen molar-refractivity contribution in [3.05, 3.63) is 41.1 Å². The zero-order valence-corrected chi connectivity index (χ0v) is 12.5. The van der Waals surface area contributed by atoms with Gasteiger partial charge >= 0.3 is 0 Å². The Labute approximate surface area is 125 Å². The number of nitrogens with zero attached hydrogens (tertiary/aromatic N) is 3. The Bertz CT molecular complexity index is 836. The maximum atomic E-state index is 10.6. The van der Waals surface area contributed by atoms with Gasteiger partial charge in [-0.05, 0) is 24.5 Å². The standard InChI is InChI=1S/C15H13N3O2S/c1-20-11-6-9-4-3-5-16-14(9)15-13(11)12(21-2)7-10(18-15)8-17-19/h3-7H,8H2,1-2H3. The van der Waals surface area contributed by atoms with Crippen molar-refractivity contribution in [3.8, 4) is 5.75 Å². The Morgan fingerprint density at radius 3 is 2.90 bits per heavy atom. The lowest BCUT2D eigenvalue weighted by Gasteiger charge is -2.12. The van der Waals surface area contributed by atoms with Gasteiger partial charge in [-0.3, -0.25) is 4.98 Å². The molecule has 2 heterocycles. The van der Waals surface area contributed by atoms with Crippen LogP contribution in [0.1, 0.15) is 5.69 Å². The van der Waals surface area contributed by atoms with Crippen molar-refractivity contribution in [2.45, 2.75) is 11.4 Å². The summed E-state index contributed by atoms with van der Waals surface area (Å²) in [4.78, 5) is 20.5. The molecular weight excluding hydrogens is 286 g/mol. The number of nitroso groups, excluding NO2 is 1. The summed E-state index contributed by atoms with van der Waals surface area (Å²) < 4.78 is 5.51. The molecule has 0 saturated carbocycles. The maximum absolute atomic E-state index is 10.6. The van der Waals surface area contributed by atoms with Crippen LogP contribution in [0.4, 0.5) is 0 Å². The summed E-state index contributed by atoms with van der Waals surface area (Å²) in [6.45, 7) is 0.0506. The highest BCUT2D eigenvalue weighted by atomic mass is 32.2. The molecule has 6 heteroatoms. The highest BCUT2D eigenvalue weighted by Gasteiger charge is 2.14. The Balaban J connectivity index is 2.49. The quantitative estimate of drug-likeness (QED) is 0.417. The van der Waals surface area contributed by atoms with E-state index in [9.17, 15) is 4.91 Å². The van der Waals surface area contributed by atoms with Gasteiger partial charge < -0.3 is 4.74 Å². The van der Waals surface area contributed by atoms with Crippen LogP contribution in [0.2, 0.25) is 0 Å². The van der Waals surface area contributed by atoms with Gasteiger partial charge in [-0.1, -0.05) is 11.2 Å². The topological polar surface area (TPSA) is 64.4 Å². The molecule has 0 N–H and O–H groups in total. The van der Waals surface area contributed by atoms with E-state index in [4.69, 9.17) is 4.74 Å². The number of hydrogen-bond acceptors (Lipinski definition) is 6. The molecule has 1 aromatic carbocycles. The fourth-order valence-electron chi connectivity index (χ4n) is 2.40. The zero-order valence-electron chi connectivity index (χ0n) is 11.7.